The Morgan fingerprint density at radius 3 is 0.476 bits per heavy atom. The first-order chi connectivity index (χ1) is 19.6. The van der Waals surface area contributed by atoms with Gasteiger partial charge in [0.2, 0.25) is 0 Å². The number of carboxylic acids is 4. The molecule has 0 fully saturated rings. The van der Waals surface area contributed by atoms with Crippen LogP contribution in [0, 0.1) is 10.8 Å². The molecule has 12 N–H and O–H groups in total. The molecule has 0 atom stereocenters. The second-order valence-corrected chi connectivity index (χ2v) is 9.52. The van der Waals surface area contributed by atoms with Crippen molar-refractivity contribution in [2.24, 2.45) is 10.8 Å². The Morgan fingerprint density at radius 2 is 0.476 bits per heavy atom. The first-order valence-corrected chi connectivity index (χ1v) is 14.3. The van der Waals surface area contributed by atoms with E-state index >= 15 is 0 Å². The highest BCUT2D eigenvalue weighted by Crippen LogP contribution is 2.12. The SMILES string of the molecule is O=C(O)CCS.O=C(O)CCS.O=C(O)CCS.O=C(O)CCS.OCC(CO)(CO)CO.OCC(CO)(CO)CO. The van der Waals surface area contributed by atoms with E-state index in [1.165, 1.54) is 0 Å². The minimum Gasteiger partial charge on any atom is -0.481 e. The molecule has 0 amide bonds. The molecular formula is C22H48O16S4. The number of aliphatic hydroxyl groups excluding tert-OH is 8. The topological polar surface area (TPSA) is 311 Å². The smallest absolute Gasteiger partial charge is 0.304 e. The Labute approximate surface area is 266 Å². The molecule has 16 nitrogen and oxygen atoms in total. The van der Waals surface area contributed by atoms with Gasteiger partial charge in [-0.3, -0.25) is 19.2 Å². The molecule has 42 heavy (non-hydrogen) atoms. The number of carboxylic acid groups (broad SMARTS) is 4. The second kappa shape index (κ2) is 40.0. The van der Waals surface area contributed by atoms with Crippen LogP contribution >= 0.6 is 50.5 Å². The summed E-state index contributed by atoms with van der Waals surface area (Å²) in [7, 11) is 0. The van der Waals surface area contributed by atoms with E-state index in [0.29, 0.717) is 23.0 Å². The van der Waals surface area contributed by atoms with Gasteiger partial charge in [-0.1, -0.05) is 0 Å². The van der Waals surface area contributed by atoms with Crippen molar-refractivity contribution in [3.05, 3.63) is 0 Å². The van der Waals surface area contributed by atoms with Crippen molar-refractivity contribution in [2.75, 3.05) is 75.9 Å². The molecule has 256 valence electrons. The van der Waals surface area contributed by atoms with Gasteiger partial charge < -0.3 is 61.3 Å². The summed E-state index contributed by atoms with van der Waals surface area (Å²) in [5.41, 5.74) is -2.22. The lowest BCUT2D eigenvalue weighted by Crippen LogP contribution is -2.37. The van der Waals surface area contributed by atoms with Gasteiger partial charge in [0.1, 0.15) is 0 Å². The maximum absolute atomic E-state index is 9.55. The molecule has 0 aliphatic heterocycles. The second-order valence-electron chi connectivity index (χ2n) is 7.73. The Kier molecular flexibility index (Phi) is 50.9. The summed E-state index contributed by atoms with van der Waals surface area (Å²) < 4.78 is 0. The number of carbonyl (C=O) groups is 4. The third kappa shape index (κ3) is 45.9. The van der Waals surface area contributed by atoms with E-state index in [0.717, 1.165) is 0 Å². The van der Waals surface area contributed by atoms with E-state index in [4.69, 9.17) is 61.3 Å². The van der Waals surface area contributed by atoms with Crippen LogP contribution in [0.15, 0.2) is 0 Å². The molecule has 0 aromatic heterocycles. The van der Waals surface area contributed by atoms with Crippen molar-refractivity contribution in [1.82, 2.24) is 0 Å². The van der Waals surface area contributed by atoms with Gasteiger partial charge in [0.25, 0.3) is 0 Å². The van der Waals surface area contributed by atoms with Gasteiger partial charge in [-0.05, 0) is 0 Å². The average Bonchev–Trinajstić information content (AvgIpc) is 2.93. The molecule has 0 aliphatic rings. The third-order valence-corrected chi connectivity index (χ3v) is 4.88. The van der Waals surface area contributed by atoms with Crippen LogP contribution in [0.25, 0.3) is 0 Å². The zero-order valence-corrected chi connectivity index (χ0v) is 26.7. The highest BCUT2D eigenvalue weighted by Gasteiger charge is 2.27. The van der Waals surface area contributed by atoms with E-state index in [-0.39, 0.29) is 25.7 Å². The molecular weight excluding hydrogens is 648 g/mol. The lowest BCUT2D eigenvalue weighted by atomic mass is 9.93. The van der Waals surface area contributed by atoms with Crippen molar-refractivity contribution in [2.45, 2.75) is 25.7 Å². The average molecular weight is 697 g/mol. The summed E-state index contributed by atoms with van der Waals surface area (Å²) in [6.07, 6.45) is 0.623. The molecule has 0 spiro atoms. The normalized spacial score (nSPS) is 9.81. The van der Waals surface area contributed by atoms with Gasteiger partial charge in [0.05, 0.1) is 89.4 Å². The van der Waals surface area contributed by atoms with E-state index in [2.05, 4.69) is 50.5 Å². The largest absolute Gasteiger partial charge is 0.481 e. The van der Waals surface area contributed by atoms with Gasteiger partial charge in [-0.2, -0.15) is 50.5 Å². The number of thiol groups is 4. The fourth-order valence-corrected chi connectivity index (χ4v) is 1.75. The molecule has 0 rings (SSSR count). The summed E-state index contributed by atoms with van der Waals surface area (Å²) in [6, 6.07) is 0. The van der Waals surface area contributed by atoms with Crippen LogP contribution in [-0.4, -0.2) is 161 Å². The van der Waals surface area contributed by atoms with E-state index in [9.17, 15) is 19.2 Å². The first-order valence-electron chi connectivity index (χ1n) is 11.7. The molecule has 0 saturated carbocycles. The van der Waals surface area contributed by atoms with Crippen LogP contribution in [0.5, 0.6) is 0 Å². The summed E-state index contributed by atoms with van der Waals surface area (Å²) >= 11 is 14.7. The standard InChI is InChI=1S/2C5H12O4.4C3H6O2S/c2*6-1-5(2-7,3-8)4-9;4*4-3(5)1-2-6/h2*6-9H,1-4H2;4*6H,1-2H2,(H,4,5). The zero-order chi connectivity index (χ0) is 34.6. The van der Waals surface area contributed by atoms with Crippen LogP contribution in [0.4, 0.5) is 0 Å². The quantitative estimate of drug-likeness (QED) is 0.0739. The summed E-state index contributed by atoms with van der Waals surface area (Å²) in [5.74, 6) is -1.44. The van der Waals surface area contributed by atoms with E-state index in [1.54, 1.807) is 0 Å². The Morgan fingerprint density at radius 1 is 0.357 bits per heavy atom. The van der Waals surface area contributed by atoms with Gasteiger partial charge in [-0.25, -0.2) is 0 Å². The number of aliphatic carboxylic acids is 4. The Balaban J connectivity index is -0.0000000936. The van der Waals surface area contributed by atoms with Crippen molar-refractivity contribution < 1.29 is 80.5 Å². The van der Waals surface area contributed by atoms with Crippen molar-refractivity contribution in [3.8, 4) is 0 Å². The predicted octanol–water partition coefficient (Wildman–Crippen LogP) is -2.55. The third-order valence-electron chi connectivity index (χ3n) is 3.99. The minimum absolute atomic E-state index is 0.156. The lowest BCUT2D eigenvalue weighted by Gasteiger charge is -2.23. The van der Waals surface area contributed by atoms with Crippen LogP contribution in [0.3, 0.4) is 0 Å². The molecule has 0 aromatic carbocycles. The molecule has 0 aromatic rings. The van der Waals surface area contributed by atoms with Crippen molar-refractivity contribution >= 4 is 74.4 Å². The molecule has 0 aliphatic carbocycles. The monoisotopic (exact) mass is 696 g/mol. The van der Waals surface area contributed by atoms with Crippen LogP contribution in [0.2, 0.25) is 0 Å². The highest BCUT2D eigenvalue weighted by atomic mass is 32.1. The molecule has 20 heteroatoms. The van der Waals surface area contributed by atoms with Crippen LogP contribution in [-0.2, 0) is 19.2 Å². The predicted molar refractivity (Wildman–Crippen MR) is 166 cm³/mol. The van der Waals surface area contributed by atoms with Gasteiger partial charge >= 0.3 is 23.9 Å². The molecule has 0 radical (unpaired) electrons. The summed E-state index contributed by atoms with van der Waals surface area (Å²) in [5, 5.41) is 99.4. The molecule has 0 unspecified atom stereocenters. The van der Waals surface area contributed by atoms with Crippen LogP contribution < -0.4 is 0 Å². The first kappa shape index (κ1) is 53.5. The number of hydrogen-bond acceptors (Lipinski definition) is 16. The Hall–Kier alpha value is -1.04. The maximum Gasteiger partial charge on any atom is 0.304 e. The Bertz CT molecular complexity index is 502. The van der Waals surface area contributed by atoms with E-state index < -0.39 is 87.6 Å². The molecule has 0 saturated heterocycles. The van der Waals surface area contributed by atoms with E-state index in [1.807, 2.05) is 0 Å². The fourth-order valence-electron chi connectivity index (χ4n) is 0.983. The van der Waals surface area contributed by atoms with Crippen LogP contribution in [0.1, 0.15) is 25.7 Å². The summed E-state index contributed by atoms with van der Waals surface area (Å²) in [4.78, 5) is 38.2. The maximum atomic E-state index is 9.55. The molecule has 0 bridgehead atoms. The van der Waals surface area contributed by atoms with Crippen molar-refractivity contribution in [1.29, 1.82) is 0 Å². The van der Waals surface area contributed by atoms with Gasteiger partial charge in [0.15, 0.2) is 0 Å². The lowest BCUT2D eigenvalue weighted by molar-refractivity contribution is -0.137. The van der Waals surface area contributed by atoms with Gasteiger partial charge in [-0.15, -0.1) is 0 Å². The fraction of sp³-hybridized carbons (Fsp3) is 0.818. The van der Waals surface area contributed by atoms with Gasteiger partial charge in [0, 0.05) is 23.0 Å². The zero-order valence-electron chi connectivity index (χ0n) is 23.1. The number of rotatable bonds is 16. The summed E-state index contributed by atoms with van der Waals surface area (Å²) in [6.45, 7) is -3.25. The minimum atomic E-state index is -1.11. The molecule has 0 heterocycles. The number of aliphatic hydroxyl groups is 8. The number of hydrogen-bond donors (Lipinski definition) is 16. The highest BCUT2D eigenvalue weighted by molar-refractivity contribution is 7.80. The van der Waals surface area contributed by atoms with Crippen molar-refractivity contribution in [3.63, 3.8) is 0 Å².